The van der Waals surface area contributed by atoms with Gasteiger partial charge >= 0.3 is 0 Å². The molecule has 0 saturated carbocycles. The quantitative estimate of drug-likeness (QED) is 0.624. The Kier molecular flexibility index (Phi) is 4.03. The van der Waals surface area contributed by atoms with Crippen LogP contribution in [0.3, 0.4) is 0 Å². The monoisotopic (exact) mass is 306 g/mol. The highest BCUT2D eigenvalue weighted by Crippen LogP contribution is 2.47. The van der Waals surface area contributed by atoms with E-state index in [9.17, 15) is 0 Å². The molecule has 4 saturated heterocycles. The van der Waals surface area contributed by atoms with Crippen LogP contribution in [0.4, 0.5) is 0 Å². The van der Waals surface area contributed by atoms with E-state index in [1.807, 2.05) is 7.05 Å². The summed E-state index contributed by atoms with van der Waals surface area (Å²) in [6, 6.07) is 0. The summed E-state index contributed by atoms with van der Waals surface area (Å²) in [6.07, 6.45) is 4.94. The first kappa shape index (κ1) is 14.8. The van der Waals surface area contributed by atoms with Gasteiger partial charge in [-0.3, -0.25) is 4.99 Å². The fourth-order valence-corrected chi connectivity index (χ4v) is 5.07. The van der Waals surface area contributed by atoms with Gasteiger partial charge in [-0.15, -0.1) is 0 Å². The molecule has 4 heterocycles. The van der Waals surface area contributed by atoms with Crippen LogP contribution in [0.1, 0.15) is 26.2 Å². The van der Waals surface area contributed by atoms with E-state index >= 15 is 0 Å². The number of hydrogen-bond donors (Lipinski definition) is 1. The topological polar surface area (TPSA) is 40.1 Å². The van der Waals surface area contributed by atoms with Gasteiger partial charge in [0.1, 0.15) is 0 Å². The fraction of sp³-hybridized carbons (Fsp3) is 0.941. The van der Waals surface area contributed by atoms with Gasteiger partial charge in [-0.25, -0.2) is 0 Å². The van der Waals surface area contributed by atoms with Crippen molar-refractivity contribution in [2.75, 3.05) is 46.3 Å². The molecule has 2 bridgehead atoms. The first-order valence-corrected chi connectivity index (χ1v) is 9.12. The van der Waals surface area contributed by atoms with Crippen LogP contribution in [0.5, 0.6) is 0 Å². The molecule has 5 unspecified atom stereocenters. The Bertz CT molecular complexity index is 422. The summed E-state index contributed by atoms with van der Waals surface area (Å²) < 4.78 is 6.07. The Balaban J connectivity index is 1.30. The predicted octanol–water partition coefficient (Wildman–Crippen LogP) is 1.01. The van der Waals surface area contributed by atoms with Crippen molar-refractivity contribution in [1.82, 2.24) is 15.1 Å². The lowest BCUT2D eigenvalue weighted by molar-refractivity contribution is 0.0767. The summed E-state index contributed by atoms with van der Waals surface area (Å²) in [5.74, 6) is 3.39. The molecule has 4 fully saturated rings. The number of rotatable bonds is 3. The number of ether oxygens (including phenoxy) is 1. The zero-order valence-electron chi connectivity index (χ0n) is 14.0. The zero-order valence-corrected chi connectivity index (χ0v) is 14.0. The van der Waals surface area contributed by atoms with E-state index in [1.54, 1.807) is 0 Å². The van der Waals surface area contributed by atoms with Crippen LogP contribution in [0, 0.1) is 17.8 Å². The van der Waals surface area contributed by atoms with Crippen molar-refractivity contribution < 1.29 is 4.74 Å². The number of aliphatic imine (C=N–C) groups is 1. The molecule has 5 heteroatoms. The van der Waals surface area contributed by atoms with Crippen LogP contribution in [-0.4, -0.2) is 74.3 Å². The fourth-order valence-electron chi connectivity index (χ4n) is 5.07. The molecule has 5 nitrogen and oxygen atoms in total. The normalized spacial score (nSPS) is 41.5. The van der Waals surface area contributed by atoms with Gasteiger partial charge in [0.25, 0.3) is 0 Å². The van der Waals surface area contributed by atoms with Gasteiger partial charge in [0.15, 0.2) is 5.96 Å². The minimum atomic E-state index is 0.533. The summed E-state index contributed by atoms with van der Waals surface area (Å²) in [5.41, 5.74) is 0. The second-order valence-corrected chi connectivity index (χ2v) is 7.50. The Labute approximate surface area is 134 Å². The molecule has 0 spiro atoms. The molecule has 4 aliphatic heterocycles. The predicted molar refractivity (Wildman–Crippen MR) is 88.0 cm³/mol. The van der Waals surface area contributed by atoms with Crippen LogP contribution < -0.4 is 5.32 Å². The summed E-state index contributed by atoms with van der Waals surface area (Å²) in [7, 11) is 1.93. The lowest BCUT2D eigenvalue weighted by Crippen LogP contribution is -2.43. The number of nitrogens with one attached hydrogen (secondary N) is 1. The second-order valence-electron chi connectivity index (χ2n) is 7.50. The zero-order chi connectivity index (χ0) is 15.1. The van der Waals surface area contributed by atoms with Crippen molar-refractivity contribution in [1.29, 1.82) is 0 Å². The number of likely N-dealkylation sites (tertiary alicyclic amines) is 2. The summed E-state index contributed by atoms with van der Waals surface area (Å²) >= 11 is 0. The van der Waals surface area contributed by atoms with Gasteiger partial charge in [-0.05, 0) is 38.3 Å². The largest absolute Gasteiger partial charge is 0.374 e. The second kappa shape index (κ2) is 6.00. The van der Waals surface area contributed by atoms with Crippen LogP contribution in [0.25, 0.3) is 0 Å². The van der Waals surface area contributed by atoms with E-state index in [2.05, 4.69) is 27.0 Å². The van der Waals surface area contributed by atoms with Crippen LogP contribution >= 0.6 is 0 Å². The third-order valence-corrected chi connectivity index (χ3v) is 6.33. The third-order valence-electron chi connectivity index (χ3n) is 6.33. The van der Waals surface area contributed by atoms with Gasteiger partial charge in [-0.1, -0.05) is 6.92 Å². The highest BCUT2D eigenvalue weighted by molar-refractivity contribution is 5.80. The Hall–Kier alpha value is -0.810. The molecule has 0 amide bonds. The Morgan fingerprint density at radius 2 is 1.86 bits per heavy atom. The maximum absolute atomic E-state index is 6.07. The number of guanidine groups is 1. The molecule has 0 aliphatic carbocycles. The van der Waals surface area contributed by atoms with Crippen molar-refractivity contribution in [2.45, 2.75) is 38.4 Å². The molecule has 124 valence electrons. The van der Waals surface area contributed by atoms with E-state index < -0.39 is 0 Å². The van der Waals surface area contributed by atoms with E-state index in [-0.39, 0.29) is 0 Å². The van der Waals surface area contributed by atoms with Crippen molar-refractivity contribution in [3.8, 4) is 0 Å². The van der Waals surface area contributed by atoms with E-state index in [0.717, 1.165) is 43.3 Å². The summed E-state index contributed by atoms with van der Waals surface area (Å²) in [5, 5.41) is 3.65. The lowest BCUT2D eigenvalue weighted by atomic mass is 9.82. The van der Waals surface area contributed by atoms with Crippen LogP contribution in [0.15, 0.2) is 4.99 Å². The minimum Gasteiger partial charge on any atom is -0.374 e. The van der Waals surface area contributed by atoms with Gasteiger partial charge in [-0.2, -0.15) is 0 Å². The molecule has 5 atom stereocenters. The molecule has 0 aromatic rings. The highest BCUT2D eigenvalue weighted by atomic mass is 16.5. The smallest absolute Gasteiger partial charge is 0.193 e. The van der Waals surface area contributed by atoms with Crippen molar-refractivity contribution in [2.24, 2.45) is 22.7 Å². The molecular weight excluding hydrogens is 276 g/mol. The highest BCUT2D eigenvalue weighted by Gasteiger charge is 2.53. The number of fused-ring (bicyclic) bond motifs is 5. The standard InChI is InChI=1S/C17H30N4O/c1-3-20-7-6-12(9-20)8-19-17(18-2)21-10-13-14(11-21)16-5-4-15(13)22-16/h12-16H,3-11H2,1-2H3,(H,18,19). The van der Waals surface area contributed by atoms with Crippen molar-refractivity contribution in [3.63, 3.8) is 0 Å². The lowest BCUT2D eigenvalue weighted by Gasteiger charge is -2.24. The molecule has 4 aliphatic rings. The van der Waals surface area contributed by atoms with E-state index in [4.69, 9.17) is 4.74 Å². The molecule has 0 radical (unpaired) electrons. The molecule has 4 rings (SSSR count). The average Bonchev–Trinajstić information content (AvgIpc) is 3.29. The minimum absolute atomic E-state index is 0.533. The molecule has 0 aromatic heterocycles. The third kappa shape index (κ3) is 2.52. The SMILES string of the molecule is CCN1CCC(CNC(=NC)N2CC3C4CCC(O4)C3C2)C1. The first-order valence-electron chi connectivity index (χ1n) is 9.12. The molecular formula is C17H30N4O. The van der Waals surface area contributed by atoms with Gasteiger partial charge in [0.2, 0.25) is 0 Å². The van der Waals surface area contributed by atoms with Crippen molar-refractivity contribution in [3.05, 3.63) is 0 Å². The number of hydrogen-bond acceptors (Lipinski definition) is 3. The van der Waals surface area contributed by atoms with Crippen molar-refractivity contribution >= 4 is 5.96 Å². The molecule has 1 N–H and O–H groups in total. The Morgan fingerprint density at radius 1 is 1.14 bits per heavy atom. The first-order chi connectivity index (χ1) is 10.8. The molecule has 22 heavy (non-hydrogen) atoms. The van der Waals surface area contributed by atoms with Crippen LogP contribution in [-0.2, 0) is 4.74 Å². The van der Waals surface area contributed by atoms with Gasteiger partial charge < -0.3 is 19.9 Å². The van der Waals surface area contributed by atoms with E-state index in [1.165, 1.54) is 38.9 Å². The Morgan fingerprint density at radius 3 is 2.45 bits per heavy atom. The van der Waals surface area contributed by atoms with Crippen LogP contribution in [0.2, 0.25) is 0 Å². The maximum Gasteiger partial charge on any atom is 0.193 e. The van der Waals surface area contributed by atoms with Gasteiger partial charge in [0.05, 0.1) is 12.2 Å². The summed E-state index contributed by atoms with van der Waals surface area (Å²) in [6.45, 7) is 9.28. The number of nitrogens with zero attached hydrogens (tertiary/aromatic N) is 3. The summed E-state index contributed by atoms with van der Waals surface area (Å²) in [4.78, 5) is 9.57. The average molecular weight is 306 g/mol. The van der Waals surface area contributed by atoms with E-state index in [0.29, 0.717) is 12.2 Å². The maximum atomic E-state index is 6.07. The molecule has 0 aromatic carbocycles. The van der Waals surface area contributed by atoms with Gasteiger partial charge in [0, 0.05) is 45.1 Å².